The second-order valence-electron chi connectivity index (χ2n) is 26.4. The molecule has 4 bridgehead atoms. The predicted octanol–water partition coefficient (Wildman–Crippen LogP) is 23.2. The van der Waals surface area contributed by atoms with Crippen molar-refractivity contribution in [1.29, 1.82) is 0 Å². The Morgan fingerprint density at radius 1 is 0.330 bits per heavy atom. The molecule has 4 fully saturated rings. The Labute approximate surface area is 515 Å². The number of fused-ring (bicyclic) bond motifs is 11. The number of furan rings is 1. The summed E-state index contributed by atoms with van der Waals surface area (Å²) in [5, 5.41) is 2.53. The summed E-state index contributed by atoms with van der Waals surface area (Å²) in [6, 6.07) is 104. The first-order chi connectivity index (χ1) is 43.4. The van der Waals surface area contributed by atoms with Crippen LogP contribution in [-0.4, -0.2) is 0 Å². The van der Waals surface area contributed by atoms with Crippen LogP contribution in [0.25, 0.3) is 88.7 Å². The smallest absolute Gasteiger partial charge is 0.137 e. The first kappa shape index (κ1) is 51.3. The molecule has 422 valence electrons. The van der Waals surface area contributed by atoms with Gasteiger partial charge in [-0.05, 0) is 200 Å². The van der Waals surface area contributed by atoms with E-state index in [2.05, 4.69) is 303 Å². The van der Waals surface area contributed by atoms with Crippen molar-refractivity contribution < 1.29 is 4.42 Å². The summed E-state index contributed by atoms with van der Waals surface area (Å²) in [4.78, 5) is 4.96. The van der Waals surface area contributed by atoms with Gasteiger partial charge in [-0.3, -0.25) is 0 Å². The molecule has 3 nitrogen and oxygen atoms in total. The van der Waals surface area contributed by atoms with Crippen molar-refractivity contribution in [2.75, 3.05) is 9.80 Å². The minimum absolute atomic E-state index is 0.161. The number of hydrogen-bond donors (Lipinski definition) is 0. The lowest BCUT2D eigenvalue weighted by Gasteiger charge is -2.61. The monoisotopic (exact) mass is 1130 g/mol. The predicted molar refractivity (Wildman–Crippen MR) is 366 cm³/mol. The molecule has 4 saturated carbocycles. The fraction of sp³-hybridized carbons (Fsp3) is 0.153. The van der Waals surface area contributed by atoms with Gasteiger partial charge in [-0.2, -0.15) is 0 Å². The minimum Gasteiger partial charge on any atom is -0.456 e. The van der Waals surface area contributed by atoms with Crippen molar-refractivity contribution in [2.24, 2.45) is 23.7 Å². The van der Waals surface area contributed by atoms with E-state index in [1.807, 2.05) is 0 Å². The van der Waals surface area contributed by atoms with Crippen molar-refractivity contribution in [1.82, 2.24) is 0 Å². The largest absolute Gasteiger partial charge is 0.456 e. The minimum atomic E-state index is -0.270. The van der Waals surface area contributed by atoms with Crippen LogP contribution in [0.2, 0.25) is 0 Å². The van der Waals surface area contributed by atoms with Crippen molar-refractivity contribution >= 4 is 56.1 Å². The van der Waals surface area contributed by atoms with E-state index in [1.54, 1.807) is 11.1 Å². The molecule has 3 heteroatoms. The maximum absolute atomic E-state index is 7.36. The Kier molecular flexibility index (Phi) is 11.5. The van der Waals surface area contributed by atoms with Gasteiger partial charge in [0.2, 0.25) is 0 Å². The molecule has 1 spiro atoms. The van der Waals surface area contributed by atoms with Crippen LogP contribution in [0, 0.1) is 23.7 Å². The third kappa shape index (κ3) is 7.69. The van der Waals surface area contributed by atoms with Gasteiger partial charge in [-0.1, -0.05) is 220 Å². The van der Waals surface area contributed by atoms with Crippen LogP contribution in [0.1, 0.15) is 68.2 Å². The van der Waals surface area contributed by atoms with Crippen LogP contribution in [0.15, 0.2) is 283 Å². The Hall–Kier alpha value is -9.96. The van der Waals surface area contributed by atoms with E-state index in [-0.39, 0.29) is 10.8 Å². The Balaban J connectivity index is 0.822. The number of anilines is 6. The molecule has 0 saturated heterocycles. The molecule has 1 aromatic heterocycles. The molecule has 0 unspecified atom stereocenters. The van der Waals surface area contributed by atoms with Crippen LogP contribution in [0.5, 0.6) is 0 Å². The van der Waals surface area contributed by atoms with Crippen LogP contribution >= 0.6 is 0 Å². The van der Waals surface area contributed by atoms with E-state index in [0.29, 0.717) is 11.8 Å². The normalized spacial score (nSPS) is 19.6. The molecule has 6 aliphatic rings. The number of rotatable bonds is 10. The lowest BCUT2D eigenvalue weighted by Crippen LogP contribution is -2.55. The highest BCUT2D eigenvalue weighted by molar-refractivity contribution is 6.13. The molecule has 0 aliphatic heterocycles. The van der Waals surface area contributed by atoms with Gasteiger partial charge in [0.05, 0.1) is 11.4 Å². The molecular weight excluding hydrogens is 1060 g/mol. The maximum Gasteiger partial charge on any atom is 0.137 e. The quantitative estimate of drug-likeness (QED) is 0.136. The van der Waals surface area contributed by atoms with Crippen molar-refractivity contribution in [3.63, 3.8) is 0 Å². The van der Waals surface area contributed by atoms with E-state index in [0.717, 1.165) is 57.1 Å². The molecule has 0 amide bonds. The number of hydrogen-bond acceptors (Lipinski definition) is 3. The van der Waals surface area contributed by atoms with Crippen LogP contribution in [0.4, 0.5) is 34.1 Å². The Morgan fingerprint density at radius 3 is 1.35 bits per heavy atom. The van der Waals surface area contributed by atoms with Crippen LogP contribution in [-0.2, 0) is 10.8 Å². The average Bonchev–Trinajstić information content (AvgIpc) is 1.49. The highest BCUT2D eigenvalue weighted by Crippen LogP contribution is 2.73. The molecule has 88 heavy (non-hydrogen) atoms. The van der Waals surface area contributed by atoms with Gasteiger partial charge in [-0.15, -0.1) is 0 Å². The first-order valence-electron chi connectivity index (χ1n) is 31.9. The Bertz CT molecular complexity index is 4870. The highest BCUT2D eigenvalue weighted by Gasteiger charge is 2.64. The first-order valence-corrected chi connectivity index (χ1v) is 31.9. The number of para-hydroxylation sites is 2. The van der Waals surface area contributed by atoms with Gasteiger partial charge in [0.15, 0.2) is 0 Å². The second kappa shape index (κ2) is 19.8. The molecule has 12 aromatic carbocycles. The topological polar surface area (TPSA) is 19.6 Å². The summed E-state index contributed by atoms with van der Waals surface area (Å²) in [5.41, 5.74) is 29.4. The molecule has 0 radical (unpaired) electrons. The fourth-order valence-electron chi connectivity index (χ4n) is 18.0. The maximum atomic E-state index is 7.36. The van der Waals surface area contributed by atoms with Gasteiger partial charge < -0.3 is 14.2 Å². The standard InChI is InChI=1S/C85H66N2O/c1-84(2)74-43-41-70-71-42-44-78-81(73-40-38-67(53-79(73)88-78)87(65-32-20-30-61(51-65)57-23-9-4-10-24-57)77-36-18-16-34-69(77)59-27-13-6-14-28-59)83(71)85(62-46-54-45-55(48-62)49-63(85)47-54)82(70)80(74)72-39-37-66(52-75(72)84)86(64-31-19-29-60(50-64)56-21-7-3-8-22-56)76-35-17-15-33-68(76)58-25-11-5-12-26-58/h3-44,50-55,62-63H,45-49H2,1-2H3. The van der Waals surface area contributed by atoms with Gasteiger partial charge in [0, 0.05) is 61.5 Å². The summed E-state index contributed by atoms with van der Waals surface area (Å²) >= 11 is 0. The number of benzene rings is 12. The summed E-state index contributed by atoms with van der Waals surface area (Å²) in [6.07, 6.45) is 6.55. The van der Waals surface area contributed by atoms with E-state index in [4.69, 9.17) is 4.42 Å². The SMILES string of the molecule is CC1(C)c2cc(N(c3cccc(-c4ccccc4)c3)c3ccccc3-c3ccccc3)ccc2-c2c1ccc1c2C2(c3c-1ccc1oc4cc(N(c5cccc(-c6ccccc6)c5)c5ccccc5-c5ccccc5)ccc4c31)C1CC3CC(C1)CC2C3. The lowest BCUT2D eigenvalue weighted by molar-refractivity contribution is -0.0391. The van der Waals surface area contributed by atoms with Gasteiger partial charge in [0.25, 0.3) is 0 Å². The Morgan fingerprint density at radius 2 is 0.784 bits per heavy atom. The van der Waals surface area contributed by atoms with Gasteiger partial charge in [-0.25, -0.2) is 0 Å². The molecule has 0 N–H and O–H groups in total. The second-order valence-corrected chi connectivity index (χ2v) is 26.4. The van der Waals surface area contributed by atoms with Gasteiger partial charge in [0.1, 0.15) is 11.2 Å². The zero-order valence-electron chi connectivity index (χ0n) is 49.7. The van der Waals surface area contributed by atoms with Crippen molar-refractivity contribution in [2.45, 2.75) is 56.8 Å². The third-order valence-electron chi connectivity index (χ3n) is 21.4. The van der Waals surface area contributed by atoms with E-state index >= 15 is 0 Å². The zero-order valence-corrected chi connectivity index (χ0v) is 49.7. The summed E-state index contributed by atoms with van der Waals surface area (Å²) in [7, 11) is 0. The summed E-state index contributed by atoms with van der Waals surface area (Å²) < 4.78 is 7.36. The van der Waals surface area contributed by atoms with Crippen molar-refractivity contribution in [3.05, 3.63) is 301 Å². The zero-order chi connectivity index (χ0) is 58.2. The van der Waals surface area contributed by atoms with Crippen molar-refractivity contribution in [3.8, 4) is 66.8 Å². The molecule has 6 aliphatic carbocycles. The van der Waals surface area contributed by atoms with E-state index in [1.165, 1.54) is 121 Å². The van der Waals surface area contributed by atoms with E-state index in [9.17, 15) is 0 Å². The van der Waals surface area contributed by atoms with Crippen LogP contribution in [0.3, 0.4) is 0 Å². The molecule has 0 atom stereocenters. The molecular formula is C85H66N2O. The molecule has 1 heterocycles. The van der Waals surface area contributed by atoms with E-state index < -0.39 is 0 Å². The number of nitrogens with zero attached hydrogens (tertiary/aromatic N) is 2. The summed E-state index contributed by atoms with van der Waals surface area (Å²) in [6.45, 7) is 4.99. The molecule has 19 rings (SSSR count). The molecule has 13 aromatic rings. The fourth-order valence-corrected chi connectivity index (χ4v) is 18.0. The summed E-state index contributed by atoms with van der Waals surface area (Å²) in [5.74, 6) is 2.67. The third-order valence-corrected chi connectivity index (χ3v) is 21.4. The van der Waals surface area contributed by atoms with Gasteiger partial charge >= 0.3 is 0 Å². The lowest BCUT2D eigenvalue weighted by atomic mass is 9.42. The van der Waals surface area contributed by atoms with Crippen LogP contribution < -0.4 is 9.80 Å². The highest BCUT2D eigenvalue weighted by atomic mass is 16.3. The average molecular weight is 1130 g/mol.